The largest absolute Gasteiger partial charge is 0.355 e. The highest BCUT2D eigenvalue weighted by Crippen LogP contribution is 2.46. The third-order valence-corrected chi connectivity index (χ3v) is 4.38. The van der Waals surface area contributed by atoms with Crippen LogP contribution in [0.3, 0.4) is 0 Å². The van der Waals surface area contributed by atoms with Gasteiger partial charge in [-0.1, -0.05) is 32.6 Å². The van der Waals surface area contributed by atoms with Gasteiger partial charge in [0, 0.05) is 12.6 Å². The fourth-order valence-corrected chi connectivity index (χ4v) is 2.82. The normalized spacial score (nSPS) is 21.1. The Hall–Kier alpha value is -1.06. The second-order valence-corrected chi connectivity index (χ2v) is 6.00. The second kappa shape index (κ2) is 6.40. The van der Waals surface area contributed by atoms with E-state index < -0.39 is 5.41 Å². The molecule has 0 saturated heterocycles. The molecule has 0 spiro atoms. The quantitative estimate of drug-likeness (QED) is 0.548. The molecule has 0 radical (unpaired) electrons. The Bertz CT molecular complexity index is 331. The summed E-state index contributed by atoms with van der Waals surface area (Å²) in [6, 6.07) is 0.304. The maximum absolute atomic E-state index is 12.2. The van der Waals surface area contributed by atoms with Crippen LogP contribution >= 0.6 is 0 Å². The Morgan fingerprint density at radius 1 is 1.11 bits per heavy atom. The van der Waals surface area contributed by atoms with E-state index in [1.807, 2.05) is 0 Å². The summed E-state index contributed by atoms with van der Waals surface area (Å²) >= 11 is 0. The van der Waals surface area contributed by atoms with Crippen LogP contribution in [0.25, 0.3) is 0 Å². The van der Waals surface area contributed by atoms with Crippen molar-refractivity contribution in [3.8, 4) is 0 Å². The summed E-state index contributed by atoms with van der Waals surface area (Å²) in [6.07, 6.45) is 9.23. The molecule has 0 aromatic carbocycles. The molecule has 2 amide bonds. The Morgan fingerprint density at radius 2 is 1.79 bits per heavy atom. The molecule has 2 N–H and O–H groups in total. The fraction of sp³-hybridized carbons (Fsp3) is 0.867. The lowest BCUT2D eigenvalue weighted by atomic mass is 10.0. The van der Waals surface area contributed by atoms with Crippen molar-refractivity contribution in [2.24, 2.45) is 5.41 Å². The first-order chi connectivity index (χ1) is 9.19. The Labute approximate surface area is 115 Å². The van der Waals surface area contributed by atoms with Crippen molar-refractivity contribution < 1.29 is 9.59 Å². The van der Waals surface area contributed by atoms with Gasteiger partial charge in [0.05, 0.1) is 0 Å². The van der Waals surface area contributed by atoms with Gasteiger partial charge in [-0.3, -0.25) is 9.59 Å². The Balaban J connectivity index is 1.76. The molecule has 0 atom stereocenters. The van der Waals surface area contributed by atoms with Crippen LogP contribution in [0.4, 0.5) is 0 Å². The zero-order valence-corrected chi connectivity index (χ0v) is 12.0. The van der Waals surface area contributed by atoms with E-state index in [4.69, 9.17) is 0 Å². The molecule has 0 aromatic heterocycles. The van der Waals surface area contributed by atoms with E-state index in [-0.39, 0.29) is 11.8 Å². The minimum Gasteiger partial charge on any atom is -0.355 e. The van der Waals surface area contributed by atoms with Crippen LogP contribution < -0.4 is 10.6 Å². The van der Waals surface area contributed by atoms with E-state index in [1.54, 1.807) is 0 Å². The van der Waals surface area contributed by atoms with Gasteiger partial charge in [0.2, 0.25) is 11.8 Å². The molecule has 0 aromatic rings. The van der Waals surface area contributed by atoms with Crippen molar-refractivity contribution in [3.63, 3.8) is 0 Å². The lowest BCUT2D eigenvalue weighted by Crippen LogP contribution is -2.46. The molecule has 0 heterocycles. The van der Waals surface area contributed by atoms with E-state index in [0.717, 1.165) is 32.1 Å². The van der Waals surface area contributed by atoms with Crippen LogP contribution in [0.15, 0.2) is 0 Å². The Morgan fingerprint density at radius 3 is 2.37 bits per heavy atom. The number of rotatable bonds is 7. The minimum absolute atomic E-state index is 0.0348. The van der Waals surface area contributed by atoms with Gasteiger partial charge in [-0.25, -0.2) is 0 Å². The highest BCUT2D eigenvalue weighted by atomic mass is 16.2. The first-order valence-corrected chi connectivity index (χ1v) is 7.78. The molecule has 4 heteroatoms. The first-order valence-electron chi connectivity index (χ1n) is 7.78. The summed E-state index contributed by atoms with van der Waals surface area (Å²) in [7, 11) is 0. The SMILES string of the molecule is CCCCCNC(=O)C1(C(=O)NC2CCCC2)CC1. The van der Waals surface area contributed by atoms with Crippen molar-refractivity contribution >= 4 is 11.8 Å². The standard InChI is InChI=1S/C15H26N2O2/c1-2-3-6-11-16-13(18)15(9-10-15)14(19)17-12-7-4-5-8-12/h12H,2-11H2,1H3,(H,16,18)(H,17,19). The van der Waals surface area contributed by atoms with Crippen LogP contribution in [0, 0.1) is 5.41 Å². The predicted octanol–water partition coefficient (Wildman–Crippen LogP) is 2.13. The average molecular weight is 266 g/mol. The molecule has 108 valence electrons. The number of hydrogen-bond acceptors (Lipinski definition) is 2. The summed E-state index contributed by atoms with van der Waals surface area (Å²) in [6.45, 7) is 2.84. The molecule has 0 bridgehead atoms. The number of unbranched alkanes of at least 4 members (excludes halogenated alkanes) is 2. The lowest BCUT2D eigenvalue weighted by Gasteiger charge is -2.18. The van der Waals surface area contributed by atoms with Crippen LogP contribution in [0.5, 0.6) is 0 Å². The van der Waals surface area contributed by atoms with Crippen LogP contribution in [0.1, 0.15) is 64.7 Å². The van der Waals surface area contributed by atoms with Gasteiger partial charge >= 0.3 is 0 Å². The molecule has 0 aliphatic heterocycles. The van der Waals surface area contributed by atoms with Gasteiger partial charge in [-0.15, -0.1) is 0 Å². The maximum Gasteiger partial charge on any atom is 0.235 e. The summed E-state index contributed by atoms with van der Waals surface area (Å²) < 4.78 is 0. The summed E-state index contributed by atoms with van der Waals surface area (Å²) in [5.41, 5.74) is -0.727. The van der Waals surface area contributed by atoms with Crippen molar-refractivity contribution in [2.45, 2.75) is 70.8 Å². The fourth-order valence-electron chi connectivity index (χ4n) is 2.82. The van der Waals surface area contributed by atoms with E-state index in [1.165, 1.54) is 12.8 Å². The maximum atomic E-state index is 12.2. The summed E-state index contributed by atoms with van der Waals surface area (Å²) in [4.78, 5) is 24.4. The molecular formula is C15H26N2O2. The number of nitrogens with one attached hydrogen (secondary N) is 2. The van der Waals surface area contributed by atoms with Crippen molar-refractivity contribution in [1.29, 1.82) is 0 Å². The van der Waals surface area contributed by atoms with E-state index in [2.05, 4.69) is 17.6 Å². The highest BCUT2D eigenvalue weighted by molar-refractivity contribution is 6.07. The number of carbonyl (C=O) groups is 2. The predicted molar refractivity (Wildman–Crippen MR) is 74.6 cm³/mol. The number of amides is 2. The first kappa shape index (κ1) is 14.4. The van der Waals surface area contributed by atoms with Gasteiger partial charge in [0.15, 0.2) is 0 Å². The molecule has 2 aliphatic carbocycles. The molecule has 0 unspecified atom stereocenters. The molecule has 4 nitrogen and oxygen atoms in total. The Kier molecular flexibility index (Phi) is 4.83. The minimum atomic E-state index is -0.727. The van der Waals surface area contributed by atoms with Crippen molar-refractivity contribution in [1.82, 2.24) is 10.6 Å². The van der Waals surface area contributed by atoms with Gasteiger partial charge in [-0.05, 0) is 32.1 Å². The van der Waals surface area contributed by atoms with Crippen LogP contribution in [-0.2, 0) is 9.59 Å². The van der Waals surface area contributed by atoms with Crippen molar-refractivity contribution in [3.05, 3.63) is 0 Å². The molecule has 19 heavy (non-hydrogen) atoms. The average Bonchev–Trinajstić information content (AvgIpc) is 3.08. The van der Waals surface area contributed by atoms with E-state index in [9.17, 15) is 9.59 Å². The number of hydrogen-bond donors (Lipinski definition) is 2. The lowest BCUT2D eigenvalue weighted by molar-refractivity contribution is -0.137. The molecule has 2 aliphatic rings. The third kappa shape index (κ3) is 3.48. The monoisotopic (exact) mass is 266 g/mol. The topological polar surface area (TPSA) is 58.2 Å². The zero-order valence-electron chi connectivity index (χ0n) is 12.0. The smallest absolute Gasteiger partial charge is 0.235 e. The zero-order chi connectivity index (χ0) is 13.7. The number of carbonyl (C=O) groups excluding carboxylic acids is 2. The summed E-state index contributed by atoms with van der Waals surface area (Å²) in [5, 5.41) is 5.99. The van der Waals surface area contributed by atoms with Crippen LogP contribution in [0.2, 0.25) is 0 Å². The molecular weight excluding hydrogens is 240 g/mol. The highest BCUT2D eigenvalue weighted by Gasteiger charge is 2.56. The third-order valence-electron chi connectivity index (χ3n) is 4.38. The summed E-state index contributed by atoms with van der Waals surface area (Å²) in [5.74, 6) is -0.0912. The molecule has 2 rings (SSSR count). The molecule has 2 fully saturated rings. The van der Waals surface area contributed by atoms with Gasteiger partial charge in [0.25, 0.3) is 0 Å². The van der Waals surface area contributed by atoms with Gasteiger partial charge in [0.1, 0.15) is 5.41 Å². The molecule has 2 saturated carbocycles. The second-order valence-electron chi connectivity index (χ2n) is 6.00. The van der Waals surface area contributed by atoms with E-state index >= 15 is 0 Å². The van der Waals surface area contributed by atoms with Crippen LogP contribution in [-0.4, -0.2) is 24.4 Å². The van der Waals surface area contributed by atoms with Gasteiger partial charge < -0.3 is 10.6 Å². The van der Waals surface area contributed by atoms with Crippen molar-refractivity contribution in [2.75, 3.05) is 6.54 Å². The van der Waals surface area contributed by atoms with E-state index in [0.29, 0.717) is 25.4 Å². The van der Waals surface area contributed by atoms with Gasteiger partial charge in [-0.2, -0.15) is 0 Å².